The van der Waals surface area contributed by atoms with Gasteiger partial charge in [-0.3, -0.25) is 4.79 Å². The van der Waals surface area contributed by atoms with Crippen LogP contribution in [0.5, 0.6) is 5.75 Å². The van der Waals surface area contributed by atoms with Gasteiger partial charge in [0, 0.05) is 18.2 Å². The van der Waals surface area contributed by atoms with Crippen LogP contribution in [0.1, 0.15) is 23.6 Å². The molecule has 0 heterocycles. The Morgan fingerprint density at radius 2 is 2.00 bits per heavy atom. The second-order valence-electron chi connectivity index (χ2n) is 5.88. The van der Waals surface area contributed by atoms with E-state index in [0.717, 1.165) is 22.6 Å². The Balaban J connectivity index is 2.00. The van der Waals surface area contributed by atoms with Gasteiger partial charge in [-0.25, -0.2) is 0 Å². The van der Waals surface area contributed by atoms with Crippen LogP contribution in [0.25, 0.3) is 0 Å². The highest BCUT2D eigenvalue weighted by atomic mass is 16.5. The lowest BCUT2D eigenvalue weighted by Crippen LogP contribution is -2.26. The molecule has 1 amide bonds. The van der Waals surface area contributed by atoms with Crippen LogP contribution in [0.15, 0.2) is 42.5 Å². The van der Waals surface area contributed by atoms with Gasteiger partial charge in [0.25, 0.3) is 0 Å². The zero-order valence-electron chi connectivity index (χ0n) is 13.9. The second-order valence-corrected chi connectivity index (χ2v) is 5.88. The molecule has 3 N–H and O–H groups in total. The minimum Gasteiger partial charge on any atom is -0.489 e. The number of amides is 1. The third-order valence-corrected chi connectivity index (χ3v) is 3.74. The van der Waals surface area contributed by atoms with Crippen LogP contribution in [0.2, 0.25) is 0 Å². The second kappa shape index (κ2) is 7.79. The largest absolute Gasteiger partial charge is 0.489 e. The molecule has 0 aliphatic rings. The highest BCUT2D eigenvalue weighted by Gasteiger charge is 2.12. The Morgan fingerprint density at radius 1 is 1.22 bits per heavy atom. The van der Waals surface area contributed by atoms with Crippen molar-refractivity contribution < 1.29 is 9.53 Å². The summed E-state index contributed by atoms with van der Waals surface area (Å²) in [6.07, 6.45) is 0. The van der Waals surface area contributed by atoms with Crippen LogP contribution in [-0.4, -0.2) is 12.5 Å². The average Bonchev–Trinajstić information content (AvgIpc) is 2.54. The SMILES string of the molecule is Cc1cccc(COc2ccc(NC(=O)C(C)CN)c(C)c2)c1. The van der Waals surface area contributed by atoms with Crippen LogP contribution in [-0.2, 0) is 11.4 Å². The van der Waals surface area contributed by atoms with Crippen molar-refractivity contribution in [3.05, 3.63) is 59.2 Å². The Morgan fingerprint density at radius 3 is 2.65 bits per heavy atom. The summed E-state index contributed by atoms with van der Waals surface area (Å²) in [5, 5.41) is 2.89. The fourth-order valence-electron chi connectivity index (χ4n) is 2.20. The Bertz CT molecular complexity index is 683. The number of aryl methyl sites for hydroxylation is 2. The molecule has 1 unspecified atom stereocenters. The van der Waals surface area contributed by atoms with Gasteiger partial charge in [0.05, 0.1) is 0 Å². The number of nitrogens with one attached hydrogen (secondary N) is 1. The van der Waals surface area contributed by atoms with E-state index in [9.17, 15) is 4.79 Å². The third-order valence-electron chi connectivity index (χ3n) is 3.74. The maximum atomic E-state index is 11.9. The number of anilines is 1. The van der Waals surface area contributed by atoms with Gasteiger partial charge >= 0.3 is 0 Å². The summed E-state index contributed by atoms with van der Waals surface area (Å²) in [7, 11) is 0. The first-order chi connectivity index (χ1) is 11.0. The molecular weight excluding hydrogens is 288 g/mol. The van der Waals surface area contributed by atoms with E-state index in [1.165, 1.54) is 5.56 Å². The maximum absolute atomic E-state index is 11.9. The molecule has 4 heteroatoms. The number of hydrogen-bond donors (Lipinski definition) is 2. The molecule has 4 nitrogen and oxygen atoms in total. The summed E-state index contributed by atoms with van der Waals surface area (Å²) < 4.78 is 5.82. The van der Waals surface area contributed by atoms with Crippen LogP contribution in [0.4, 0.5) is 5.69 Å². The van der Waals surface area contributed by atoms with Crippen molar-refractivity contribution in [2.24, 2.45) is 11.7 Å². The number of ether oxygens (including phenoxy) is 1. The first-order valence-electron chi connectivity index (χ1n) is 7.79. The van der Waals surface area contributed by atoms with Crippen molar-refractivity contribution in [3.8, 4) is 5.75 Å². The predicted octanol–water partition coefficient (Wildman–Crippen LogP) is 3.42. The fraction of sp³-hybridized carbons (Fsp3) is 0.316. The normalized spacial score (nSPS) is 11.8. The van der Waals surface area contributed by atoms with Gasteiger partial charge in [-0.2, -0.15) is 0 Å². The number of rotatable bonds is 6. The number of nitrogens with two attached hydrogens (primary N) is 1. The lowest BCUT2D eigenvalue weighted by Gasteiger charge is -2.14. The molecule has 0 saturated heterocycles. The molecule has 0 bridgehead atoms. The van der Waals surface area contributed by atoms with E-state index in [-0.39, 0.29) is 11.8 Å². The summed E-state index contributed by atoms with van der Waals surface area (Å²) in [4.78, 5) is 11.9. The summed E-state index contributed by atoms with van der Waals surface area (Å²) in [6.45, 7) is 6.68. The third kappa shape index (κ3) is 4.83. The standard InChI is InChI=1S/C19H24N2O2/c1-13-5-4-6-16(9-13)12-23-17-7-8-18(14(2)10-17)21-19(22)15(3)11-20/h4-10,15H,11-12,20H2,1-3H3,(H,21,22). The molecule has 122 valence electrons. The molecule has 2 rings (SSSR count). The molecule has 0 fully saturated rings. The fourth-order valence-corrected chi connectivity index (χ4v) is 2.20. The summed E-state index contributed by atoms with van der Waals surface area (Å²) in [6, 6.07) is 13.9. The van der Waals surface area contributed by atoms with Crippen molar-refractivity contribution in [1.29, 1.82) is 0 Å². The minimum absolute atomic E-state index is 0.0657. The lowest BCUT2D eigenvalue weighted by molar-refractivity contribution is -0.119. The van der Waals surface area contributed by atoms with Gasteiger partial charge in [-0.1, -0.05) is 36.8 Å². The molecule has 1 atom stereocenters. The van der Waals surface area contributed by atoms with Crippen LogP contribution < -0.4 is 15.8 Å². The van der Waals surface area contributed by atoms with E-state index in [1.807, 2.05) is 44.2 Å². The van der Waals surface area contributed by atoms with Gasteiger partial charge in [-0.05, 0) is 43.2 Å². The predicted molar refractivity (Wildman–Crippen MR) is 93.5 cm³/mol. The topological polar surface area (TPSA) is 64.3 Å². The van der Waals surface area contributed by atoms with Crippen molar-refractivity contribution in [2.45, 2.75) is 27.4 Å². The van der Waals surface area contributed by atoms with Crippen molar-refractivity contribution in [1.82, 2.24) is 0 Å². The maximum Gasteiger partial charge on any atom is 0.228 e. The van der Waals surface area contributed by atoms with Gasteiger partial charge < -0.3 is 15.8 Å². The molecule has 23 heavy (non-hydrogen) atoms. The lowest BCUT2D eigenvalue weighted by atomic mass is 10.1. The monoisotopic (exact) mass is 312 g/mol. The van der Waals surface area contributed by atoms with E-state index in [1.54, 1.807) is 0 Å². The zero-order chi connectivity index (χ0) is 16.8. The summed E-state index contributed by atoms with van der Waals surface area (Å²) in [5.41, 5.74) is 9.62. The minimum atomic E-state index is -0.202. The van der Waals surface area contributed by atoms with E-state index in [0.29, 0.717) is 13.2 Å². The van der Waals surface area contributed by atoms with Crippen LogP contribution in [0.3, 0.4) is 0 Å². The first-order valence-corrected chi connectivity index (χ1v) is 7.79. The van der Waals surface area contributed by atoms with Crippen LogP contribution in [0, 0.1) is 19.8 Å². The van der Waals surface area contributed by atoms with Crippen molar-refractivity contribution in [3.63, 3.8) is 0 Å². The first kappa shape index (κ1) is 17.0. The number of carbonyl (C=O) groups excluding carboxylic acids is 1. The van der Waals surface area contributed by atoms with E-state index in [2.05, 4.69) is 24.4 Å². The molecule has 0 radical (unpaired) electrons. The van der Waals surface area contributed by atoms with Crippen molar-refractivity contribution >= 4 is 11.6 Å². The highest BCUT2D eigenvalue weighted by molar-refractivity contribution is 5.93. The quantitative estimate of drug-likeness (QED) is 0.859. The molecule has 0 aromatic heterocycles. The van der Waals surface area contributed by atoms with E-state index in [4.69, 9.17) is 10.5 Å². The zero-order valence-corrected chi connectivity index (χ0v) is 13.9. The smallest absolute Gasteiger partial charge is 0.228 e. The molecule has 0 saturated carbocycles. The summed E-state index contributed by atoms with van der Waals surface area (Å²) >= 11 is 0. The molecule has 2 aromatic rings. The van der Waals surface area contributed by atoms with Gasteiger partial charge in [0.2, 0.25) is 5.91 Å². The molecule has 0 aliphatic carbocycles. The Kier molecular flexibility index (Phi) is 5.77. The Hall–Kier alpha value is -2.33. The molecule has 0 spiro atoms. The molecule has 2 aromatic carbocycles. The van der Waals surface area contributed by atoms with Crippen LogP contribution >= 0.6 is 0 Å². The molecule has 0 aliphatic heterocycles. The summed E-state index contributed by atoms with van der Waals surface area (Å²) in [5.74, 6) is 0.518. The Labute approximate surface area is 137 Å². The van der Waals surface area contributed by atoms with Gasteiger partial charge in [0.1, 0.15) is 12.4 Å². The average molecular weight is 312 g/mol. The number of carbonyl (C=O) groups is 1. The molecular formula is C19H24N2O2. The van der Waals surface area contributed by atoms with Gasteiger partial charge in [0.15, 0.2) is 0 Å². The van der Waals surface area contributed by atoms with E-state index >= 15 is 0 Å². The number of hydrogen-bond acceptors (Lipinski definition) is 3. The van der Waals surface area contributed by atoms with E-state index < -0.39 is 0 Å². The number of benzene rings is 2. The highest BCUT2D eigenvalue weighted by Crippen LogP contribution is 2.22. The van der Waals surface area contributed by atoms with Crippen molar-refractivity contribution in [2.75, 3.05) is 11.9 Å². The van der Waals surface area contributed by atoms with Gasteiger partial charge in [-0.15, -0.1) is 0 Å².